The molecule has 2 heterocycles. The molecule has 0 spiro atoms. The molecule has 0 aromatic carbocycles. The monoisotopic (exact) mass is 233 g/mol. The van der Waals surface area contributed by atoms with Gasteiger partial charge >= 0.3 is 5.97 Å². The summed E-state index contributed by atoms with van der Waals surface area (Å²) < 4.78 is 0. The normalized spacial score (nSPS) is 24.9. The van der Waals surface area contributed by atoms with Gasteiger partial charge in [-0.25, -0.2) is 4.79 Å². The lowest BCUT2D eigenvalue weighted by Crippen LogP contribution is -2.49. The molecule has 3 nitrogen and oxygen atoms in total. The maximum absolute atomic E-state index is 11.1. The van der Waals surface area contributed by atoms with Gasteiger partial charge in [-0.2, -0.15) is 0 Å². The number of halogens is 1. The molecule has 0 radical (unpaired) electrons. The molecule has 1 aliphatic rings. The SMILES string of the molecule is CC1(C(=O)O)NCCc2ccsc21.Cl. The van der Waals surface area contributed by atoms with E-state index in [0.717, 1.165) is 17.8 Å². The lowest BCUT2D eigenvalue weighted by molar-refractivity contribution is -0.144. The van der Waals surface area contributed by atoms with E-state index in [-0.39, 0.29) is 12.4 Å². The van der Waals surface area contributed by atoms with Gasteiger partial charge in [-0.3, -0.25) is 5.32 Å². The maximum atomic E-state index is 11.1. The van der Waals surface area contributed by atoms with Crippen LogP contribution in [0.25, 0.3) is 0 Å². The number of aliphatic carboxylic acids is 1. The van der Waals surface area contributed by atoms with Gasteiger partial charge in [0.15, 0.2) is 0 Å². The van der Waals surface area contributed by atoms with Crippen molar-refractivity contribution in [3.63, 3.8) is 0 Å². The van der Waals surface area contributed by atoms with E-state index in [1.165, 1.54) is 16.9 Å². The van der Waals surface area contributed by atoms with Crippen LogP contribution in [0.1, 0.15) is 17.4 Å². The van der Waals surface area contributed by atoms with E-state index < -0.39 is 11.5 Å². The largest absolute Gasteiger partial charge is 0.480 e. The Morgan fingerprint density at radius 3 is 3.07 bits per heavy atom. The average Bonchev–Trinajstić information content (AvgIpc) is 2.53. The third kappa shape index (κ3) is 1.54. The quantitative estimate of drug-likeness (QED) is 0.775. The molecule has 0 bridgehead atoms. The molecule has 78 valence electrons. The van der Waals surface area contributed by atoms with Gasteiger partial charge < -0.3 is 5.11 Å². The third-order valence-electron chi connectivity index (χ3n) is 2.50. The molecule has 5 heteroatoms. The zero-order valence-electron chi connectivity index (χ0n) is 7.74. The smallest absolute Gasteiger partial charge is 0.329 e. The number of hydrogen-bond acceptors (Lipinski definition) is 3. The summed E-state index contributed by atoms with van der Waals surface area (Å²) in [5.41, 5.74) is 0.301. The van der Waals surface area contributed by atoms with Crippen LogP contribution >= 0.6 is 23.7 Å². The van der Waals surface area contributed by atoms with E-state index in [9.17, 15) is 4.79 Å². The topological polar surface area (TPSA) is 49.3 Å². The van der Waals surface area contributed by atoms with Crippen molar-refractivity contribution in [3.05, 3.63) is 21.9 Å². The summed E-state index contributed by atoms with van der Waals surface area (Å²) in [4.78, 5) is 12.0. The fourth-order valence-corrected chi connectivity index (χ4v) is 2.76. The fraction of sp³-hybridized carbons (Fsp3) is 0.444. The van der Waals surface area contributed by atoms with E-state index in [1.807, 2.05) is 11.4 Å². The van der Waals surface area contributed by atoms with Crippen LogP contribution in [0.3, 0.4) is 0 Å². The van der Waals surface area contributed by atoms with Crippen molar-refractivity contribution in [1.29, 1.82) is 0 Å². The molecular formula is C9H12ClNO2S. The summed E-state index contributed by atoms with van der Waals surface area (Å²) in [7, 11) is 0. The van der Waals surface area contributed by atoms with Crippen LogP contribution in [-0.4, -0.2) is 17.6 Å². The maximum Gasteiger partial charge on any atom is 0.329 e. The van der Waals surface area contributed by atoms with Crippen molar-refractivity contribution in [2.24, 2.45) is 0 Å². The molecule has 0 saturated carbocycles. The highest BCUT2D eigenvalue weighted by molar-refractivity contribution is 7.10. The van der Waals surface area contributed by atoms with Crippen molar-refractivity contribution < 1.29 is 9.90 Å². The Kier molecular flexibility index (Phi) is 3.19. The summed E-state index contributed by atoms with van der Waals surface area (Å²) in [5, 5.41) is 14.1. The minimum Gasteiger partial charge on any atom is -0.480 e. The zero-order chi connectivity index (χ0) is 9.47. The predicted molar refractivity (Wildman–Crippen MR) is 58.3 cm³/mol. The molecule has 0 saturated heterocycles. The van der Waals surface area contributed by atoms with Crippen LogP contribution < -0.4 is 5.32 Å². The van der Waals surface area contributed by atoms with Crippen LogP contribution in [0.2, 0.25) is 0 Å². The second-order valence-electron chi connectivity index (χ2n) is 3.38. The first-order valence-electron chi connectivity index (χ1n) is 4.20. The van der Waals surface area contributed by atoms with Gasteiger partial charge in [0.2, 0.25) is 0 Å². The van der Waals surface area contributed by atoms with Crippen LogP contribution in [-0.2, 0) is 16.8 Å². The number of carbonyl (C=O) groups is 1. The summed E-state index contributed by atoms with van der Waals surface area (Å²) in [6.45, 7) is 2.47. The number of carboxylic acid groups (broad SMARTS) is 1. The van der Waals surface area contributed by atoms with E-state index in [4.69, 9.17) is 5.11 Å². The Bertz CT molecular complexity index is 352. The summed E-state index contributed by atoms with van der Waals surface area (Å²) in [6.07, 6.45) is 0.932. The van der Waals surface area contributed by atoms with E-state index in [1.54, 1.807) is 6.92 Å². The van der Waals surface area contributed by atoms with Gasteiger partial charge in [0.1, 0.15) is 5.54 Å². The molecule has 0 amide bonds. The minimum atomic E-state index is -0.873. The molecule has 0 fully saturated rings. The molecule has 1 aromatic rings. The first-order chi connectivity index (χ1) is 6.14. The van der Waals surface area contributed by atoms with Gasteiger partial charge in [0.25, 0.3) is 0 Å². The first-order valence-corrected chi connectivity index (χ1v) is 5.08. The Hall–Kier alpha value is -0.580. The minimum absolute atomic E-state index is 0. The Labute approximate surface area is 92.5 Å². The highest BCUT2D eigenvalue weighted by Crippen LogP contribution is 2.32. The molecule has 1 aliphatic heterocycles. The molecular weight excluding hydrogens is 222 g/mol. The van der Waals surface area contributed by atoms with Crippen molar-refractivity contribution in [2.45, 2.75) is 18.9 Å². The second-order valence-corrected chi connectivity index (χ2v) is 4.30. The fourth-order valence-electron chi connectivity index (χ4n) is 1.67. The Balaban J connectivity index is 0.000000980. The summed E-state index contributed by atoms with van der Waals surface area (Å²) in [5.74, 6) is -0.795. The van der Waals surface area contributed by atoms with Gasteiger partial charge in [0.05, 0.1) is 0 Å². The van der Waals surface area contributed by atoms with Crippen molar-refractivity contribution >= 4 is 29.7 Å². The van der Waals surface area contributed by atoms with E-state index in [0.29, 0.717) is 0 Å². The van der Waals surface area contributed by atoms with Crippen LogP contribution in [0, 0.1) is 0 Å². The molecule has 1 atom stereocenters. The number of rotatable bonds is 1. The molecule has 1 aromatic heterocycles. The predicted octanol–water partition coefficient (Wildman–Crippen LogP) is 1.62. The molecule has 2 N–H and O–H groups in total. The van der Waals surface area contributed by atoms with Crippen LogP contribution in [0.4, 0.5) is 0 Å². The molecule has 0 aliphatic carbocycles. The van der Waals surface area contributed by atoms with E-state index in [2.05, 4.69) is 5.32 Å². The standard InChI is InChI=1S/C9H11NO2S.ClH/c1-9(8(11)12)7-6(2-4-10-9)3-5-13-7;/h3,5,10H,2,4H2,1H3,(H,11,12);1H. The average molecular weight is 234 g/mol. The number of thiophene rings is 1. The molecule has 14 heavy (non-hydrogen) atoms. The third-order valence-corrected chi connectivity index (χ3v) is 3.68. The lowest BCUT2D eigenvalue weighted by Gasteiger charge is -2.30. The Morgan fingerprint density at radius 2 is 2.43 bits per heavy atom. The zero-order valence-corrected chi connectivity index (χ0v) is 9.37. The number of fused-ring (bicyclic) bond motifs is 1. The van der Waals surface area contributed by atoms with E-state index >= 15 is 0 Å². The number of carboxylic acids is 1. The highest BCUT2D eigenvalue weighted by atomic mass is 35.5. The van der Waals surface area contributed by atoms with Gasteiger partial charge in [0, 0.05) is 11.4 Å². The summed E-state index contributed by atoms with van der Waals surface area (Å²) in [6, 6.07) is 2.02. The van der Waals surface area contributed by atoms with Crippen molar-refractivity contribution in [2.75, 3.05) is 6.54 Å². The first kappa shape index (κ1) is 11.5. The van der Waals surface area contributed by atoms with Crippen molar-refractivity contribution in [1.82, 2.24) is 5.32 Å². The lowest BCUT2D eigenvalue weighted by atomic mass is 9.92. The number of hydrogen-bond donors (Lipinski definition) is 2. The van der Waals surface area contributed by atoms with Crippen LogP contribution in [0.5, 0.6) is 0 Å². The second kappa shape index (κ2) is 3.88. The molecule has 2 rings (SSSR count). The van der Waals surface area contributed by atoms with Crippen LogP contribution in [0.15, 0.2) is 11.4 Å². The Morgan fingerprint density at radius 1 is 1.71 bits per heavy atom. The highest BCUT2D eigenvalue weighted by Gasteiger charge is 2.39. The molecule has 1 unspecified atom stereocenters. The van der Waals surface area contributed by atoms with Gasteiger partial charge in [-0.1, -0.05) is 0 Å². The summed E-state index contributed by atoms with van der Waals surface area (Å²) >= 11 is 1.52. The number of nitrogens with one attached hydrogen (secondary N) is 1. The van der Waals surface area contributed by atoms with Gasteiger partial charge in [-0.05, 0) is 30.4 Å². The van der Waals surface area contributed by atoms with Gasteiger partial charge in [-0.15, -0.1) is 23.7 Å². The van der Waals surface area contributed by atoms with Crippen molar-refractivity contribution in [3.8, 4) is 0 Å².